The fraction of sp³-hybridized carbons (Fsp3) is 0.250. The van der Waals surface area contributed by atoms with Gasteiger partial charge in [0.25, 0.3) is 23.1 Å². The van der Waals surface area contributed by atoms with Crippen molar-refractivity contribution in [2.75, 3.05) is 0 Å². The molecule has 0 saturated heterocycles. The molecule has 2 aromatic carbocycles. The summed E-state index contributed by atoms with van der Waals surface area (Å²) in [5.74, 6) is -22.8. The van der Waals surface area contributed by atoms with E-state index in [0.717, 1.165) is 0 Å². The number of benzene rings is 2. The molecule has 0 spiro atoms. The molecule has 0 aromatic heterocycles. The van der Waals surface area contributed by atoms with Crippen LogP contribution in [0.1, 0.15) is 0 Å². The van der Waals surface area contributed by atoms with Crippen LogP contribution in [0.25, 0.3) is 11.1 Å². The maximum absolute atomic E-state index is 11.4. The van der Waals surface area contributed by atoms with E-state index >= 15 is 0 Å². The smallest absolute Gasteiger partial charge is 2.00 e. The van der Waals surface area contributed by atoms with Crippen LogP contribution in [0.15, 0.2) is 95.9 Å². The second kappa shape index (κ2) is 28.9. The van der Waals surface area contributed by atoms with Crippen molar-refractivity contribution in [2.45, 2.75) is 49.4 Å². The quantitative estimate of drug-likeness (QED) is 0.167. The molecule has 11 nitrogen and oxygen atoms in total. The molecule has 37 heteroatoms. The van der Waals surface area contributed by atoms with Gasteiger partial charge in [0.1, 0.15) is 0 Å². The standard InChI is InChI=1S/C12H10O2.4C5H2F6O2.O.2Ti/c13-11-7-3-1-5-9(11)10-6-2-4-8-12(10)14;4*6-4(7,8)2(12)1-3(13)5(9,10)11;;;/h1-8,13-14H;4*1,12H;;;/q;;;;;-2;2*+4/p-6/b;4*2-1-;;;. The van der Waals surface area contributed by atoms with Crippen LogP contribution >= 0.6 is 0 Å². The van der Waals surface area contributed by atoms with E-state index in [1.165, 1.54) is 12.1 Å². The molecule has 2 rings (SSSR count). The number of hydrogen-bond donors (Lipinski definition) is 0. The first-order chi connectivity index (χ1) is 29.0. The molecule has 0 aliphatic heterocycles. The summed E-state index contributed by atoms with van der Waals surface area (Å²) in [7, 11) is 0. The Kier molecular flexibility index (Phi) is 31.5. The molecule has 0 N–H and O–H groups in total. The Bertz CT molecular complexity index is 1840. The maximum atomic E-state index is 11.4. The van der Waals surface area contributed by atoms with Crippen LogP contribution in [0.4, 0.5) is 105 Å². The first-order valence-electron chi connectivity index (χ1n) is 14.8. The van der Waals surface area contributed by atoms with Crippen molar-refractivity contribution in [3.05, 3.63) is 95.9 Å². The Morgan fingerprint density at radius 2 is 0.464 bits per heavy atom. The second-order valence-corrected chi connectivity index (χ2v) is 10.5. The molecule has 0 amide bonds. The van der Waals surface area contributed by atoms with E-state index in [-0.39, 0.29) is 60.4 Å². The summed E-state index contributed by atoms with van der Waals surface area (Å²) in [6, 6.07) is 13.1. The molecular formula is C32H12F24O11Ti2. The van der Waals surface area contributed by atoms with Gasteiger partial charge in [-0.2, -0.15) is 105 Å². The summed E-state index contributed by atoms with van der Waals surface area (Å²) < 4.78 is 271. The number of carbonyl (C=O) groups excluding carboxylic acids is 4. The van der Waals surface area contributed by atoms with E-state index in [1.54, 1.807) is 36.4 Å². The van der Waals surface area contributed by atoms with Gasteiger partial charge in [-0.25, -0.2) is 0 Å². The van der Waals surface area contributed by atoms with Gasteiger partial charge in [-0.3, -0.25) is 19.2 Å². The zero-order chi connectivity index (χ0) is 53.4. The van der Waals surface area contributed by atoms with E-state index < -0.39 is 120 Å². The van der Waals surface area contributed by atoms with Gasteiger partial charge in [0.15, 0.2) is 0 Å². The summed E-state index contributed by atoms with van der Waals surface area (Å²) in [4.78, 5) is 39.3. The predicted octanol–water partition coefficient (Wildman–Crippen LogP) is 5.07. The zero-order valence-electron chi connectivity index (χ0n) is 31.5. The molecule has 0 fully saturated rings. The Balaban J connectivity index is -0.000000178. The molecular weight excluding hydrogens is 1110 g/mol. The molecule has 0 radical (unpaired) electrons. The number of allylic oxidation sites excluding steroid dienone is 8. The molecule has 0 aliphatic carbocycles. The van der Waals surface area contributed by atoms with Crippen LogP contribution in [0.3, 0.4) is 0 Å². The first-order valence-corrected chi connectivity index (χ1v) is 14.8. The van der Waals surface area contributed by atoms with Gasteiger partial charge >= 0.3 is 92.8 Å². The third-order valence-corrected chi connectivity index (χ3v) is 5.35. The Morgan fingerprint density at radius 1 is 0.319 bits per heavy atom. The van der Waals surface area contributed by atoms with E-state index in [2.05, 4.69) is 0 Å². The largest absolute Gasteiger partial charge is 4.00 e. The Hall–Kier alpha value is -5.41. The van der Waals surface area contributed by atoms with Crippen molar-refractivity contribution in [2.24, 2.45) is 0 Å². The van der Waals surface area contributed by atoms with Crippen LogP contribution in [0.5, 0.6) is 11.5 Å². The van der Waals surface area contributed by atoms with E-state index in [9.17, 15) is 155 Å². The van der Waals surface area contributed by atoms with Gasteiger partial charge in [0, 0.05) is 0 Å². The second-order valence-electron chi connectivity index (χ2n) is 10.5. The van der Waals surface area contributed by atoms with E-state index in [0.29, 0.717) is 11.1 Å². The third kappa shape index (κ3) is 32.1. The van der Waals surface area contributed by atoms with Crippen LogP contribution in [0, 0.1) is 0 Å². The molecule has 2 aromatic rings. The zero-order valence-corrected chi connectivity index (χ0v) is 34.6. The number of hydrogen-bond acceptors (Lipinski definition) is 10. The average molecular weight is 1120 g/mol. The number of para-hydroxylation sites is 2. The monoisotopic (exact) mass is 1120 g/mol. The van der Waals surface area contributed by atoms with Crippen LogP contribution < -0.4 is 30.6 Å². The van der Waals surface area contributed by atoms with Crippen LogP contribution in [-0.4, -0.2) is 72.5 Å². The van der Waals surface area contributed by atoms with Crippen molar-refractivity contribution in [1.82, 2.24) is 0 Å². The van der Waals surface area contributed by atoms with Crippen molar-refractivity contribution in [1.29, 1.82) is 0 Å². The molecule has 0 aliphatic rings. The summed E-state index contributed by atoms with van der Waals surface area (Å²) in [6.45, 7) is 0. The Morgan fingerprint density at radius 3 is 0.580 bits per heavy atom. The number of alkyl halides is 24. The molecule has 0 saturated carbocycles. The molecule has 69 heavy (non-hydrogen) atoms. The maximum Gasteiger partial charge on any atom is 4.00 e. The number of rotatable bonds is 5. The van der Waals surface area contributed by atoms with E-state index in [4.69, 9.17) is 0 Å². The SMILES string of the molecule is O=C(/C=C(\[O-])C(F)(F)F)C(F)(F)F.O=C(/C=C(\[O-])C(F)(F)F)C(F)(F)F.O=C(/C=C(\[O-])C(F)(F)F)C(F)(F)F.O=C(/C=C(\[O-])C(F)(F)F)C(F)(F)F.[O-2].[O-]c1ccccc1-c1ccccc1[O-].[Ti+4].[Ti+4]. The fourth-order valence-electron chi connectivity index (χ4n) is 2.51. The van der Waals surface area contributed by atoms with Crippen molar-refractivity contribution < 1.29 is 204 Å². The van der Waals surface area contributed by atoms with Gasteiger partial charge < -0.3 is 36.1 Å². The fourth-order valence-corrected chi connectivity index (χ4v) is 2.51. The molecule has 0 unspecified atom stereocenters. The summed E-state index contributed by atoms with van der Waals surface area (Å²) in [5, 5.41) is 62.1. The third-order valence-electron chi connectivity index (χ3n) is 5.35. The molecule has 0 heterocycles. The van der Waals surface area contributed by atoms with Gasteiger partial charge in [0.05, 0.1) is 0 Å². The van der Waals surface area contributed by atoms with Gasteiger partial charge in [-0.05, 0) is 58.5 Å². The number of ketones is 4. The van der Waals surface area contributed by atoms with Gasteiger partial charge in [-0.1, -0.05) is 48.5 Å². The van der Waals surface area contributed by atoms with Crippen LogP contribution in [-0.2, 0) is 68.1 Å². The molecule has 0 atom stereocenters. The predicted molar refractivity (Wildman–Crippen MR) is 152 cm³/mol. The number of halogens is 24. The minimum atomic E-state index is -5.46. The normalized spacial score (nSPS) is 12.9. The number of carbonyl (C=O) groups is 4. The van der Waals surface area contributed by atoms with Crippen molar-refractivity contribution >= 4 is 23.1 Å². The van der Waals surface area contributed by atoms with Gasteiger partial charge in [-0.15, -0.1) is 11.5 Å². The van der Waals surface area contributed by atoms with Crippen LogP contribution in [0.2, 0.25) is 0 Å². The summed E-state index contributed by atoms with van der Waals surface area (Å²) in [5.41, 5.74) is 0.941. The minimum absolute atomic E-state index is 0. The average Bonchev–Trinajstić information content (AvgIpc) is 3.10. The van der Waals surface area contributed by atoms with E-state index in [1.807, 2.05) is 0 Å². The van der Waals surface area contributed by atoms with Crippen molar-refractivity contribution in [3.8, 4) is 22.6 Å². The summed E-state index contributed by atoms with van der Waals surface area (Å²) in [6.07, 6.45) is -47.8. The Labute approximate surface area is 394 Å². The van der Waals surface area contributed by atoms with Gasteiger partial charge in [0.2, 0.25) is 0 Å². The van der Waals surface area contributed by atoms with Crippen molar-refractivity contribution in [3.63, 3.8) is 0 Å². The molecule has 0 bridgehead atoms. The first kappa shape index (κ1) is 75.1. The minimum Gasteiger partial charge on any atom is -2.00 e. The summed E-state index contributed by atoms with van der Waals surface area (Å²) >= 11 is 0. The molecule has 382 valence electrons. The topological polar surface area (TPSA) is 235 Å².